The summed E-state index contributed by atoms with van der Waals surface area (Å²) in [6, 6.07) is 6.45. The molecular weight excluding hydrogens is 162 g/mol. The Labute approximate surface area is 79.7 Å². The fourth-order valence-electron chi connectivity index (χ4n) is 1.52. The molecule has 0 aliphatic rings. The summed E-state index contributed by atoms with van der Waals surface area (Å²) in [5.74, 6) is 5.42. The Kier molecular flexibility index (Phi) is 3.46. The Morgan fingerprint density at radius 1 is 1.38 bits per heavy atom. The lowest BCUT2D eigenvalue weighted by Crippen LogP contribution is -2.09. The molecule has 0 heterocycles. The van der Waals surface area contributed by atoms with E-state index >= 15 is 0 Å². The van der Waals surface area contributed by atoms with Crippen molar-refractivity contribution < 1.29 is 4.84 Å². The molecule has 0 spiro atoms. The minimum Gasteiger partial charge on any atom is -0.304 e. The van der Waals surface area contributed by atoms with E-state index in [0.29, 0.717) is 12.5 Å². The van der Waals surface area contributed by atoms with Gasteiger partial charge in [0.15, 0.2) is 0 Å². The number of nitrogens with two attached hydrogens (primary N) is 1. The van der Waals surface area contributed by atoms with E-state index < -0.39 is 0 Å². The second-order valence-corrected chi connectivity index (χ2v) is 3.59. The van der Waals surface area contributed by atoms with Gasteiger partial charge < -0.3 is 4.84 Å². The average molecular weight is 179 g/mol. The molecule has 1 aromatic rings. The second kappa shape index (κ2) is 4.40. The standard InChI is InChI=1S/C11H17NO/c1-8-4-5-9(2)11(6-8)10(3)7-13-12/h4-6,10H,7,12H2,1-3H3. The summed E-state index contributed by atoms with van der Waals surface area (Å²) in [6.07, 6.45) is 0. The van der Waals surface area contributed by atoms with Gasteiger partial charge in [0, 0.05) is 5.92 Å². The lowest BCUT2D eigenvalue weighted by molar-refractivity contribution is 0.126. The van der Waals surface area contributed by atoms with Crippen molar-refractivity contribution in [2.45, 2.75) is 26.7 Å². The summed E-state index contributed by atoms with van der Waals surface area (Å²) >= 11 is 0. The van der Waals surface area contributed by atoms with Gasteiger partial charge in [0.1, 0.15) is 0 Å². The Hall–Kier alpha value is -0.860. The van der Waals surface area contributed by atoms with Crippen LogP contribution in [0.4, 0.5) is 0 Å². The molecular formula is C11H17NO. The summed E-state index contributed by atoms with van der Waals surface area (Å²) in [5, 5.41) is 0. The minimum atomic E-state index is 0.366. The van der Waals surface area contributed by atoms with Crippen molar-refractivity contribution in [1.82, 2.24) is 0 Å². The lowest BCUT2D eigenvalue weighted by atomic mass is 9.95. The predicted molar refractivity (Wildman–Crippen MR) is 54.5 cm³/mol. The smallest absolute Gasteiger partial charge is 0.0745 e. The van der Waals surface area contributed by atoms with Crippen LogP contribution in [0.15, 0.2) is 18.2 Å². The number of aryl methyl sites for hydroxylation is 2. The Bertz CT molecular complexity index is 283. The van der Waals surface area contributed by atoms with Crippen LogP contribution < -0.4 is 5.90 Å². The number of rotatable bonds is 3. The van der Waals surface area contributed by atoms with Crippen molar-refractivity contribution in [3.05, 3.63) is 34.9 Å². The van der Waals surface area contributed by atoms with Gasteiger partial charge in [-0.3, -0.25) is 0 Å². The Balaban J connectivity index is 2.91. The van der Waals surface area contributed by atoms with Crippen molar-refractivity contribution in [3.63, 3.8) is 0 Å². The van der Waals surface area contributed by atoms with E-state index in [0.717, 1.165) is 0 Å². The first-order valence-electron chi connectivity index (χ1n) is 4.54. The number of benzene rings is 1. The molecule has 72 valence electrons. The van der Waals surface area contributed by atoms with E-state index in [1.54, 1.807) is 0 Å². The molecule has 2 N–H and O–H groups in total. The minimum absolute atomic E-state index is 0.366. The molecule has 0 amide bonds. The number of hydrogen-bond acceptors (Lipinski definition) is 2. The topological polar surface area (TPSA) is 35.2 Å². The van der Waals surface area contributed by atoms with Gasteiger partial charge in [-0.2, -0.15) is 0 Å². The van der Waals surface area contributed by atoms with Crippen LogP contribution in [0.5, 0.6) is 0 Å². The van der Waals surface area contributed by atoms with Gasteiger partial charge in [-0.15, -0.1) is 0 Å². The van der Waals surface area contributed by atoms with Gasteiger partial charge in [0.2, 0.25) is 0 Å². The van der Waals surface area contributed by atoms with E-state index in [1.165, 1.54) is 16.7 Å². The molecule has 1 atom stereocenters. The second-order valence-electron chi connectivity index (χ2n) is 3.59. The van der Waals surface area contributed by atoms with Gasteiger partial charge in [-0.1, -0.05) is 30.7 Å². The maximum atomic E-state index is 5.05. The third-order valence-corrected chi connectivity index (χ3v) is 2.31. The van der Waals surface area contributed by atoms with E-state index in [9.17, 15) is 0 Å². The van der Waals surface area contributed by atoms with E-state index in [-0.39, 0.29) is 0 Å². The molecule has 2 nitrogen and oxygen atoms in total. The normalized spacial score (nSPS) is 12.9. The SMILES string of the molecule is Cc1ccc(C)c(C(C)CON)c1. The van der Waals surface area contributed by atoms with E-state index in [2.05, 4.69) is 43.8 Å². The highest BCUT2D eigenvalue weighted by molar-refractivity contribution is 5.32. The summed E-state index contributed by atoms with van der Waals surface area (Å²) in [6.45, 7) is 6.90. The number of hydrogen-bond donors (Lipinski definition) is 1. The highest BCUT2D eigenvalue weighted by Gasteiger charge is 2.07. The van der Waals surface area contributed by atoms with Gasteiger partial charge in [-0.25, -0.2) is 5.90 Å². The Morgan fingerprint density at radius 3 is 2.69 bits per heavy atom. The Morgan fingerprint density at radius 2 is 2.08 bits per heavy atom. The molecule has 1 aromatic carbocycles. The monoisotopic (exact) mass is 179 g/mol. The zero-order chi connectivity index (χ0) is 9.84. The van der Waals surface area contributed by atoms with Crippen LogP contribution in [0.3, 0.4) is 0 Å². The molecule has 0 bridgehead atoms. The third-order valence-electron chi connectivity index (χ3n) is 2.31. The van der Waals surface area contributed by atoms with Crippen molar-refractivity contribution in [1.29, 1.82) is 0 Å². The first-order chi connectivity index (χ1) is 6.15. The van der Waals surface area contributed by atoms with Crippen molar-refractivity contribution in [3.8, 4) is 0 Å². The van der Waals surface area contributed by atoms with Crippen molar-refractivity contribution in [2.75, 3.05) is 6.61 Å². The first kappa shape index (κ1) is 10.2. The summed E-state index contributed by atoms with van der Waals surface area (Å²) in [4.78, 5) is 4.65. The van der Waals surface area contributed by atoms with Gasteiger partial charge >= 0.3 is 0 Å². The van der Waals surface area contributed by atoms with E-state index in [4.69, 9.17) is 5.90 Å². The fourth-order valence-corrected chi connectivity index (χ4v) is 1.52. The zero-order valence-electron chi connectivity index (χ0n) is 8.50. The molecule has 0 saturated heterocycles. The molecule has 0 saturated carbocycles. The molecule has 0 aliphatic carbocycles. The van der Waals surface area contributed by atoms with Crippen molar-refractivity contribution >= 4 is 0 Å². The highest BCUT2D eigenvalue weighted by Crippen LogP contribution is 2.20. The van der Waals surface area contributed by atoms with Crippen LogP contribution in [0.25, 0.3) is 0 Å². The molecule has 1 rings (SSSR count). The largest absolute Gasteiger partial charge is 0.304 e. The molecule has 2 heteroatoms. The van der Waals surface area contributed by atoms with Crippen molar-refractivity contribution in [2.24, 2.45) is 5.90 Å². The van der Waals surface area contributed by atoms with Crippen LogP contribution in [0, 0.1) is 13.8 Å². The molecule has 0 aromatic heterocycles. The molecule has 13 heavy (non-hydrogen) atoms. The van der Waals surface area contributed by atoms with Gasteiger partial charge in [0.05, 0.1) is 6.61 Å². The average Bonchev–Trinajstić information content (AvgIpc) is 2.09. The third kappa shape index (κ3) is 2.54. The lowest BCUT2D eigenvalue weighted by Gasteiger charge is -2.13. The van der Waals surface area contributed by atoms with E-state index in [1.807, 2.05) is 0 Å². The van der Waals surface area contributed by atoms with Gasteiger partial charge in [0.25, 0.3) is 0 Å². The van der Waals surface area contributed by atoms with Gasteiger partial charge in [-0.05, 0) is 25.0 Å². The van der Waals surface area contributed by atoms with Crippen LogP contribution in [0.2, 0.25) is 0 Å². The molecule has 1 unspecified atom stereocenters. The maximum Gasteiger partial charge on any atom is 0.0745 e. The molecule has 0 aliphatic heterocycles. The zero-order valence-corrected chi connectivity index (χ0v) is 8.50. The molecule has 0 radical (unpaired) electrons. The first-order valence-corrected chi connectivity index (χ1v) is 4.54. The van der Waals surface area contributed by atoms with Crippen LogP contribution in [-0.2, 0) is 4.84 Å². The summed E-state index contributed by atoms with van der Waals surface area (Å²) in [5.41, 5.74) is 3.91. The quantitative estimate of drug-likeness (QED) is 0.722. The van der Waals surface area contributed by atoms with Crippen LogP contribution >= 0.6 is 0 Å². The summed E-state index contributed by atoms with van der Waals surface area (Å²) in [7, 11) is 0. The van der Waals surface area contributed by atoms with Crippen LogP contribution in [0.1, 0.15) is 29.5 Å². The fraction of sp³-hybridized carbons (Fsp3) is 0.455. The highest BCUT2D eigenvalue weighted by atomic mass is 16.6. The van der Waals surface area contributed by atoms with Crippen LogP contribution in [-0.4, -0.2) is 6.61 Å². The maximum absolute atomic E-state index is 5.05. The summed E-state index contributed by atoms with van der Waals surface area (Å²) < 4.78 is 0. The molecule has 0 fully saturated rings. The predicted octanol–water partition coefficient (Wildman–Crippen LogP) is 2.30.